The van der Waals surface area contributed by atoms with Crippen LogP contribution in [-0.4, -0.2) is 45.8 Å². The molecule has 1 aromatic rings. The number of carbonyl (C=O) groups excluding carboxylic acids is 3. The smallest absolute Gasteiger partial charge is 0.423 e. The molecule has 1 unspecified atom stereocenters. The molecule has 0 aromatic heterocycles. The van der Waals surface area contributed by atoms with Gasteiger partial charge < -0.3 is 14.9 Å². The standard InChI is InChI=1S/C13H13BN2O5/c17-11-5-4-10(12(18)15-11)16-6-8-7(13(16)19)2-1-3-9(8)14(20)21/h1-3,10,20-21H,4-6H2,(H,15,17,18). The predicted molar refractivity (Wildman–Crippen MR) is 72.3 cm³/mol. The van der Waals surface area contributed by atoms with Gasteiger partial charge in [0.1, 0.15) is 6.04 Å². The van der Waals surface area contributed by atoms with Crippen LogP contribution in [-0.2, 0) is 16.1 Å². The van der Waals surface area contributed by atoms with Crippen LogP contribution in [0, 0.1) is 0 Å². The van der Waals surface area contributed by atoms with Crippen LogP contribution in [0.2, 0.25) is 0 Å². The van der Waals surface area contributed by atoms with E-state index in [2.05, 4.69) is 5.32 Å². The van der Waals surface area contributed by atoms with E-state index >= 15 is 0 Å². The second kappa shape index (κ2) is 4.98. The number of carbonyl (C=O) groups is 3. The van der Waals surface area contributed by atoms with Gasteiger partial charge in [-0.05, 0) is 23.5 Å². The molecule has 108 valence electrons. The fraction of sp³-hybridized carbons (Fsp3) is 0.308. The van der Waals surface area contributed by atoms with Crippen LogP contribution in [0.3, 0.4) is 0 Å². The Balaban J connectivity index is 1.92. The number of rotatable bonds is 2. The van der Waals surface area contributed by atoms with Gasteiger partial charge in [-0.25, -0.2) is 0 Å². The van der Waals surface area contributed by atoms with Crippen molar-refractivity contribution >= 4 is 30.3 Å². The van der Waals surface area contributed by atoms with Gasteiger partial charge in [0, 0.05) is 18.5 Å². The number of fused-ring (bicyclic) bond motifs is 1. The summed E-state index contributed by atoms with van der Waals surface area (Å²) in [6.45, 7) is 0.133. The zero-order chi connectivity index (χ0) is 15.1. The van der Waals surface area contributed by atoms with Gasteiger partial charge >= 0.3 is 7.12 Å². The second-order valence-electron chi connectivity index (χ2n) is 5.15. The summed E-state index contributed by atoms with van der Waals surface area (Å²) >= 11 is 0. The quantitative estimate of drug-likeness (QED) is 0.436. The van der Waals surface area contributed by atoms with Gasteiger partial charge in [0.2, 0.25) is 11.8 Å². The van der Waals surface area contributed by atoms with Crippen molar-refractivity contribution in [2.75, 3.05) is 0 Å². The van der Waals surface area contributed by atoms with E-state index in [1.165, 1.54) is 11.0 Å². The number of hydrogen-bond donors (Lipinski definition) is 3. The molecule has 0 aliphatic carbocycles. The van der Waals surface area contributed by atoms with Crippen LogP contribution in [0.4, 0.5) is 0 Å². The maximum atomic E-state index is 12.4. The van der Waals surface area contributed by atoms with Gasteiger partial charge in [0.05, 0.1) is 0 Å². The van der Waals surface area contributed by atoms with Crippen LogP contribution in [0.15, 0.2) is 18.2 Å². The number of nitrogens with zero attached hydrogens (tertiary/aromatic N) is 1. The summed E-state index contributed by atoms with van der Waals surface area (Å²) in [6, 6.07) is 3.99. The molecule has 8 heteroatoms. The van der Waals surface area contributed by atoms with Crippen molar-refractivity contribution in [1.82, 2.24) is 10.2 Å². The first kappa shape index (κ1) is 13.8. The summed E-state index contributed by atoms with van der Waals surface area (Å²) in [5, 5.41) is 20.9. The van der Waals surface area contributed by atoms with E-state index < -0.39 is 19.1 Å². The first-order chi connectivity index (χ1) is 9.99. The van der Waals surface area contributed by atoms with Crippen molar-refractivity contribution < 1.29 is 24.4 Å². The van der Waals surface area contributed by atoms with E-state index in [0.717, 1.165) is 0 Å². The highest BCUT2D eigenvalue weighted by molar-refractivity contribution is 6.59. The van der Waals surface area contributed by atoms with Crippen molar-refractivity contribution in [2.24, 2.45) is 0 Å². The van der Waals surface area contributed by atoms with E-state index in [0.29, 0.717) is 11.1 Å². The van der Waals surface area contributed by atoms with Gasteiger partial charge in [0.25, 0.3) is 5.91 Å². The van der Waals surface area contributed by atoms with E-state index in [1.807, 2.05) is 0 Å². The van der Waals surface area contributed by atoms with Crippen LogP contribution < -0.4 is 10.8 Å². The van der Waals surface area contributed by atoms with Crippen LogP contribution in [0.1, 0.15) is 28.8 Å². The Labute approximate surface area is 120 Å². The van der Waals surface area contributed by atoms with Crippen molar-refractivity contribution in [1.29, 1.82) is 0 Å². The van der Waals surface area contributed by atoms with E-state index in [-0.39, 0.29) is 36.7 Å². The fourth-order valence-electron chi connectivity index (χ4n) is 2.85. The minimum absolute atomic E-state index is 0.133. The molecule has 3 amide bonds. The Bertz CT molecular complexity index is 645. The Hall–Kier alpha value is -2.19. The summed E-state index contributed by atoms with van der Waals surface area (Å²) < 4.78 is 0. The van der Waals surface area contributed by atoms with E-state index in [1.54, 1.807) is 12.1 Å². The van der Waals surface area contributed by atoms with Gasteiger partial charge in [-0.1, -0.05) is 12.1 Å². The second-order valence-corrected chi connectivity index (χ2v) is 5.15. The Morgan fingerprint density at radius 1 is 1.24 bits per heavy atom. The lowest BCUT2D eigenvalue weighted by Gasteiger charge is -2.29. The maximum Gasteiger partial charge on any atom is 0.488 e. The Kier molecular flexibility index (Phi) is 3.27. The van der Waals surface area contributed by atoms with Gasteiger partial charge in [-0.15, -0.1) is 0 Å². The van der Waals surface area contributed by atoms with Gasteiger partial charge in [-0.3, -0.25) is 19.7 Å². The molecule has 1 aromatic carbocycles. The fourth-order valence-corrected chi connectivity index (χ4v) is 2.85. The highest BCUT2D eigenvalue weighted by atomic mass is 16.4. The summed E-state index contributed by atoms with van der Waals surface area (Å²) in [4.78, 5) is 36.8. The van der Waals surface area contributed by atoms with Gasteiger partial charge in [0.15, 0.2) is 0 Å². The van der Waals surface area contributed by atoms with Crippen molar-refractivity contribution in [3.8, 4) is 0 Å². The molecule has 7 nitrogen and oxygen atoms in total. The summed E-state index contributed by atoms with van der Waals surface area (Å²) in [5.74, 6) is -1.16. The molecule has 1 saturated heterocycles. The molecular weight excluding hydrogens is 275 g/mol. The van der Waals surface area contributed by atoms with E-state index in [9.17, 15) is 24.4 Å². The van der Waals surface area contributed by atoms with Crippen molar-refractivity contribution in [3.05, 3.63) is 29.3 Å². The molecule has 2 heterocycles. The molecule has 0 saturated carbocycles. The third-order valence-corrected chi connectivity index (χ3v) is 3.90. The third-order valence-electron chi connectivity index (χ3n) is 3.90. The average Bonchev–Trinajstić information content (AvgIpc) is 2.76. The first-order valence-electron chi connectivity index (χ1n) is 6.61. The monoisotopic (exact) mass is 288 g/mol. The average molecular weight is 288 g/mol. The molecule has 1 fully saturated rings. The minimum Gasteiger partial charge on any atom is -0.423 e. The summed E-state index contributed by atoms with van der Waals surface area (Å²) in [7, 11) is -1.67. The highest BCUT2D eigenvalue weighted by Gasteiger charge is 2.40. The van der Waals surface area contributed by atoms with E-state index in [4.69, 9.17) is 0 Å². The molecule has 0 spiro atoms. The lowest BCUT2D eigenvalue weighted by molar-refractivity contribution is -0.136. The molecule has 3 rings (SSSR count). The first-order valence-corrected chi connectivity index (χ1v) is 6.61. The molecule has 1 atom stereocenters. The van der Waals surface area contributed by atoms with Gasteiger partial charge in [-0.2, -0.15) is 0 Å². The molecular formula is C13H13BN2O5. The topological polar surface area (TPSA) is 107 Å². The molecule has 2 aliphatic rings. The molecule has 0 radical (unpaired) electrons. The van der Waals surface area contributed by atoms with Crippen LogP contribution in [0.25, 0.3) is 0 Å². The van der Waals surface area contributed by atoms with Crippen LogP contribution >= 0.6 is 0 Å². The summed E-state index contributed by atoms with van der Waals surface area (Å²) in [6.07, 6.45) is 0.466. The zero-order valence-corrected chi connectivity index (χ0v) is 11.1. The number of benzene rings is 1. The molecule has 21 heavy (non-hydrogen) atoms. The number of amides is 3. The molecule has 0 bridgehead atoms. The minimum atomic E-state index is -1.67. The molecule has 3 N–H and O–H groups in total. The lowest BCUT2D eigenvalue weighted by atomic mass is 9.76. The number of imide groups is 1. The lowest BCUT2D eigenvalue weighted by Crippen LogP contribution is -2.52. The highest BCUT2D eigenvalue weighted by Crippen LogP contribution is 2.26. The molecule has 2 aliphatic heterocycles. The number of nitrogens with one attached hydrogen (secondary N) is 1. The summed E-state index contributed by atoms with van der Waals surface area (Å²) in [5.41, 5.74) is 1.14. The third kappa shape index (κ3) is 2.22. The Morgan fingerprint density at radius 2 is 2.00 bits per heavy atom. The Morgan fingerprint density at radius 3 is 2.67 bits per heavy atom. The van der Waals surface area contributed by atoms with Crippen molar-refractivity contribution in [3.63, 3.8) is 0 Å². The van der Waals surface area contributed by atoms with Crippen molar-refractivity contribution in [2.45, 2.75) is 25.4 Å². The number of hydrogen-bond acceptors (Lipinski definition) is 5. The zero-order valence-electron chi connectivity index (χ0n) is 11.1. The largest absolute Gasteiger partial charge is 0.488 e. The maximum absolute atomic E-state index is 12.4. The SMILES string of the molecule is O=C1CCC(N2Cc3c(B(O)O)cccc3C2=O)C(=O)N1. The normalized spacial score (nSPS) is 21.3. The number of piperidine rings is 1. The predicted octanol–water partition coefficient (Wildman–Crippen LogP) is -1.87. The van der Waals surface area contributed by atoms with Crippen LogP contribution in [0.5, 0.6) is 0 Å².